The molecule has 1 unspecified atom stereocenters. The maximum absolute atomic E-state index is 12.9. The van der Waals surface area contributed by atoms with Crippen LogP contribution in [0.1, 0.15) is 10.6 Å². The molecule has 1 atom stereocenters. The number of rotatable bonds is 4. The van der Waals surface area contributed by atoms with Crippen molar-refractivity contribution in [2.75, 3.05) is 18.5 Å². The molecule has 2 aromatic carbocycles. The van der Waals surface area contributed by atoms with E-state index in [1.807, 2.05) is 55.5 Å². The number of benzene rings is 2. The van der Waals surface area contributed by atoms with Crippen molar-refractivity contribution in [3.63, 3.8) is 0 Å². The lowest BCUT2D eigenvalue weighted by atomic mass is 10.1. The van der Waals surface area contributed by atoms with E-state index in [1.165, 1.54) is 0 Å². The number of morpholine rings is 1. The number of hydrogen-bond acceptors (Lipinski definition) is 5. The molecule has 3 aromatic rings. The monoisotopic (exact) mass is 381 g/mol. The van der Waals surface area contributed by atoms with Gasteiger partial charge >= 0.3 is 0 Å². The Morgan fingerprint density at radius 1 is 1.30 bits per heavy atom. The van der Waals surface area contributed by atoms with Crippen molar-refractivity contribution in [2.45, 2.75) is 19.5 Å². The lowest BCUT2D eigenvalue weighted by Crippen LogP contribution is -2.54. The Morgan fingerprint density at radius 3 is 2.93 bits per heavy atom. The van der Waals surface area contributed by atoms with E-state index in [0.29, 0.717) is 12.2 Å². The Balaban J connectivity index is 1.53. The molecule has 0 aliphatic carbocycles. The summed E-state index contributed by atoms with van der Waals surface area (Å²) in [7, 11) is 0. The third kappa shape index (κ3) is 3.84. The standard InChI is InChI=1S/C20H19N3O3S/c1-13-21-16-9-15(7-8-18(16)27-13)22-20(25)17-11-26-12-19(24)23(17)10-14-5-3-2-4-6-14/h2-9,17H,10-12H2,1H3,(H,22,25). The fourth-order valence-electron chi connectivity index (χ4n) is 3.15. The maximum Gasteiger partial charge on any atom is 0.249 e. The summed E-state index contributed by atoms with van der Waals surface area (Å²) in [5, 5.41) is 3.88. The molecule has 1 aliphatic heterocycles. The van der Waals surface area contributed by atoms with Crippen LogP contribution in [-0.4, -0.2) is 41.0 Å². The number of aromatic nitrogens is 1. The van der Waals surface area contributed by atoms with Gasteiger partial charge in [0.15, 0.2) is 0 Å². The van der Waals surface area contributed by atoms with Crippen molar-refractivity contribution in [1.29, 1.82) is 0 Å². The van der Waals surface area contributed by atoms with Gasteiger partial charge in [-0.25, -0.2) is 4.98 Å². The van der Waals surface area contributed by atoms with Gasteiger partial charge in [0.05, 0.1) is 21.8 Å². The summed E-state index contributed by atoms with van der Waals surface area (Å²) in [5.41, 5.74) is 2.49. The van der Waals surface area contributed by atoms with Gasteiger partial charge in [0.25, 0.3) is 0 Å². The summed E-state index contributed by atoms with van der Waals surface area (Å²) in [6.45, 7) is 2.52. The molecule has 2 amide bonds. The molecule has 6 nitrogen and oxygen atoms in total. The Hall–Kier alpha value is -2.77. The number of carbonyl (C=O) groups is 2. The average molecular weight is 381 g/mol. The number of anilines is 1. The fraction of sp³-hybridized carbons (Fsp3) is 0.250. The third-order valence-corrected chi connectivity index (χ3v) is 5.41. The normalized spacial score (nSPS) is 17.3. The minimum absolute atomic E-state index is 0.000668. The highest BCUT2D eigenvalue weighted by atomic mass is 32.1. The van der Waals surface area contributed by atoms with E-state index in [2.05, 4.69) is 10.3 Å². The first-order valence-corrected chi connectivity index (χ1v) is 9.51. The fourth-order valence-corrected chi connectivity index (χ4v) is 3.95. The number of aryl methyl sites for hydroxylation is 1. The number of thiazole rings is 1. The molecule has 4 rings (SSSR count). The third-order valence-electron chi connectivity index (χ3n) is 4.46. The van der Waals surface area contributed by atoms with E-state index < -0.39 is 6.04 Å². The van der Waals surface area contributed by atoms with E-state index in [1.54, 1.807) is 16.2 Å². The molecular formula is C20H19N3O3S. The van der Waals surface area contributed by atoms with Crippen LogP contribution in [-0.2, 0) is 20.9 Å². The first-order chi connectivity index (χ1) is 13.1. The lowest BCUT2D eigenvalue weighted by molar-refractivity contribution is -0.154. The van der Waals surface area contributed by atoms with Crippen molar-refractivity contribution in [3.8, 4) is 0 Å². The predicted molar refractivity (Wildman–Crippen MR) is 105 cm³/mol. The van der Waals surface area contributed by atoms with E-state index >= 15 is 0 Å². The molecule has 1 N–H and O–H groups in total. The number of amides is 2. The van der Waals surface area contributed by atoms with Gasteiger partial charge in [-0.1, -0.05) is 30.3 Å². The Labute approximate surface area is 160 Å². The van der Waals surface area contributed by atoms with Crippen LogP contribution >= 0.6 is 11.3 Å². The van der Waals surface area contributed by atoms with Crippen LogP contribution in [0.5, 0.6) is 0 Å². The summed E-state index contributed by atoms with van der Waals surface area (Å²) in [6, 6.07) is 14.6. The summed E-state index contributed by atoms with van der Waals surface area (Å²) < 4.78 is 6.41. The molecule has 1 fully saturated rings. The zero-order valence-corrected chi connectivity index (χ0v) is 15.7. The maximum atomic E-state index is 12.9. The largest absolute Gasteiger partial charge is 0.369 e. The molecule has 7 heteroatoms. The average Bonchev–Trinajstić information content (AvgIpc) is 3.03. The van der Waals surface area contributed by atoms with Crippen LogP contribution in [0, 0.1) is 6.92 Å². The smallest absolute Gasteiger partial charge is 0.249 e. The number of nitrogens with zero attached hydrogens (tertiary/aromatic N) is 2. The predicted octanol–water partition coefficient (Wildman–Crippen LogP) is 2.97. The molecule has 0 spiro atoms. The number of ether oxygens (including phenoxy) is 1. The molecule has 27 heavy (non-hydrogen) atoms. The summed E-state index contributed by atoms with van der Waals surface area (Å²) in [4.78, 5) is 31.2. The van der Waals surface area contributed by atoms with Crippen molar-refractivity contribution in [3.05, 3.63) is 59.1 Å². The quantitative estimate of drug-likeness (QED) is 0.754. The molecule has 1 aromatic heterocycles. The number of hydrogen-bond donors (Lipinski definition) is 1. The van der Waals surface area contributed by atoms with Crippen LogP contribution in [0.4, 0.5) is 5.69 Å². The molecule has 0 radical (unpaired) electrons. The van der Waals surface area contributed by atoms with Crippen molar-refractivity contribution in [2.24, 2.45) is 0 Å². The van der Waals surface area contributed by atoms with Gasteiger partial charge in [-0.3, -0.25) is 9.59 Å². The van der Waals surface area contributed by atoms with Gasteiger partial charge in [-0.05, 0) is 30.7 Å². The second kappa shape index (κ2) is 7.46. The highest BCUT2D eigenvalue weighted by molar-refractivity contribution is 7.18. The van der Waals surface area contributed by atoms with Gasteiger partial charge in [-0.2, -0.15) is 0 Å². The van der Waals surface area contributed by atoms with E-state index in [4.69, 9.17) is 4.74 Å². The summed E-state index contributed by atoms with van der Waals surface area (Å²) in [5.74, 6) is -0.443. The topological polar surface area (TPSA) is 71.5 Å². The summed E-state index contributed by atoms with van der Waals surface area (Å²) in [6.07, 6.45) is 0. The molecule has 0 saturated carbocycles. The second-order valence-electron chi connectivity index (χ2n) is 6.44. The van der Waals surface area contributed by atoms with Gasteiger partial charge in [0, 0.05) is 12.2 Å². The molecular weight excluding hydrogens is 362 g/mol. The van der Waals surface area contributed by atoms with Gasteiger partial charge in [0.1, 0.15) is 12.6 Å². The minimum Gasteiger partial charge on any atom is -0.369 e. The van der Waals surface area contributed by atoms with E-state index in [-0.39, 0.29) is 25.0 Å². The van der Waals surface area contributed by atoms with E-state index in [9.17, 15) is 9.59 Å². The molecule has 0 bridgehead atoms. The first kappa shape index (κ1) is 17.6. The SMILES string of the molecule is Cc1nc2cc(NC(=O)C3COCC(=O)N3Cc3ccccc3)ccc2s1. The molecule has 138 valence electrons. The number of carbonyl (C=O) groups excluding carboxylic acids is 2. The Morgan fingerprint density at radius 2 is 2.11 bits per heavy atom. The zero-order valence-electron chi connectivity index (χ0n) is 14.8. The highest BCUT2D eigenvalue weighted by Crippen LogP contribution is 2.25. The van der Waals surface area contributed by atoms with Crippen LogP contribution in [0.25, 0.3) is 10.2 Å². The molecule has 1 aliphatic rings. The van der Waals surface area contributed by atoms with E-state index in [0.717, 1.165) is 20.8 Å². The van der Waals surface area contributed by atoms with Gasteiger partial charge in [-0.15, -0.1) is 11.3 Å². The van der Waals surface area contributed by atoms with Crippen LogP contribution in [0.2, 0.25) is 0 Å². The second-order valence-corrected chi connectivity index (χ2v) is 7.68. The lowest BCUT2D eigenvalue weighted by Gasteiger charge is -2.34. The van der Waals surface area contributed by atoms with Gasteiger partial charge < -0.3 is 15.0 Å². The zero-order chi connectivity index (χ0) is 18.8. The minimum atomic E-state index is -0.667. The Bertz CT molecular complexity index is 987. The molecule has 1 saturated heterocycles. The summed E-state index contributed by atoms with van der Waals surface area (Å²) >= 11 is 1.61. The van der Waals surface area contributed by atoms with Crippen molar-refractivity contribution in [1.82, 2.24) is 9.88 Å². The molecule has 2 heterocycles. The number of nitrogens with one attached hydrogen (secondary N) is 1. The van der Waals surface area contributed by atoms with Crippen molar-refractivity contribution >= 4 is 39.1 Å². The van der Waals surface area contributed by atoms with Crippen molar-refractivity contribution < 1.29 is 14.3 Å². The highest BCUT2D eigenvalue weighted by Gasteiger charge is 2.34. The van der Waals surface area contributed by atoms with Gasteiger partial charge in [0.2, 0.25) is 11.8 Å². The van der Waals surface area contributed by atoms with Crippen LogP contribution < -0.4 is 5.32 Å². The first-order valence-electron chi connectivity index (χ1n) is 8.69. The van der Waals surface area contributed by atoms with Crippen LogP contribution in [0.15, 0.2) is 48.5 Å². The number of fused-ring (bicyclic) bond motifs is 1. The van der Waals surface area contributed by atoms with Crippen LogP contribution in [0.3, 0.4) is 0 Å². The Kier molecular flexibility index (Phi) is 4.87.